The molecule has 6 aromatic carbocycles. The summed E-state index contributed by atoms with van der Waals surface area (Å²) < 4.78 is 8.67. The van der Waals surface area contributed by atoms with Crippen LogP contribution >= 0.6 is 0 Å². The molecular weight excluding hydrogens is 507 g/mol. The highest BCUT2D eigenvalue weighted by atomic mass is 15.2. The van der Waals surface area contributed by atoms with Crippen molar-refractivity contribution in [3.63, 3.8) is 0 Å². The van der Waals surface area contributed by atoms with Gasteiger partial charge in [0.1, 0.15) is 0 Å². The summed E-state index contributed by atoms with van der Waals surface area (Å²) in [6, 6.07) is 46.2. The van der Waals surface area contributed by atoms with Gasteiger partial charge in [-0.1, -0.05) is 90.5 Å². The molecule has 0 unspecified atom stereocenters. The molecule has 0 radical (unpaired) electrons. The second-order valence-electron chi connectivity index (χ2n) is 11.5. The maximum Gasteiger partial charge on any atom is 0.252 e. The summed E-state index contributed by atoms with van der Waals surface area (Å²) in [5.41, 5.74) is 17.0. The molecule has 2 aliphatic heterocycles. The first-order valence-electron chi connectivity index (χ1n) is 15.2. The molecule has 6 aromatic rings. The zero-order valence-electron chi connectivity index (χ0n) is 25.1. The summed E-state index contributed by atoms with van der Waals surface area (Å²) in [5.74, 6) is 0. The lowest BCUT2D eigenvalue weighted by Crippen LogP contribution is -2.61. The summed E-state index contributed by atoms with van der Waals surface area (Å²) in [6.07, 6.45) is 0. The van der Waals surface area contributed by atoms with Gasteiger partial charge in [0.25, 0.3) is 6.71 Å². The standard InChI is InChI=1S/C39H31BN2/c1-26-22-27(2)38(28(3)23-26)29-24-36-39-37(25-29)42(31-16-8-5-9-17-31)35-21-13-11-19-33(35)40(39)32-18-10-12-20-34(32)41(36)30-14-6-4-7-15-30/h4-25H,1-3H3/i10D. The Balaban J connectivity index is 1.53. The first-order chi connectivity index (χ1) is 21.0. The minimum atomic E-state index is 0.00989. The number of fused-ring (bicyclic) bond motifs is 4. The van der Waals surface area contributed by atoms with Crippen molar-refractivity contribution in [2.24, 2.45) is 0 Å². The van der Waals surface area contributed by atoms with E-state index in [0.29, 0.717) is 6.04 Å². The predicted octanol–water partition coefficient (Wildman–Crippen LogP) is 8.36. The Labute approximate surface area is 250 Å². The second-order valence-corrected chi connectivity index (χ2v) is 11.5. The predicted molar refractivity (Wildman–Crippen MR) is 180 cm³/mol. The molecular formula is C39H31BN2. The maximum atomic E-state index is 8.67. The molecule has 3 heteroatoms. The topological polar surface area (TPSA) is 6.48 Å². The summed E-state index contributed by atoms with van der Waals surface area (Å²) in [7, 11) is 0. The highest BCUT2D eigenvalue weighted by Gasteiger charge is 2.43. The van der Waals surface area contributed by atoms with Crippen LogP contribution in [0, 0.1) is 20.8 Å². The van der Waals surface area contributed by atoms with E-state index in [9.17, 15) is 0 Å². The molecule has 0 aromatic heterocycles. The molecule has 42 heavy (non-hydrogen) atoms. The van der Waals surface area contributed by atoms with Crippen molar-refractivity contribution in [2.75, 3.05) is 9.80 Å². The van der Waals surface area contributed by atoms with Gasteiger partial charge in [0.05, 0.1) is 1.37 Å². The third-order valence-electron chi connectivity index (χ3n) is 8.81. The van der Waals surface area contributed by atoms with Gasteiger partial charge in [0, 0.05) is 34.1 Å². The fourth-order valence-corrected chi connectivity index (χ4v) is 7.32. The van der Waals surface area contributed by atoms with E-state index >= 15 is 0 Å². The molecule has 2 aliphatic rings. The fourth-order valence-electron chi connectivity index (χ4n) is 7.32. The monoisotopic (exact) mass is 539 g/mol. The normalized spacial score (nSPS) is 13.3. The number of aryl methyl sites for hydroxylation is 3. The number of anilines is 6. The van der Waals surface area contributed by atoms with Crippen LogP contribution in [0.1, 0.15) is 18.1 Å². The largest absolute Gasteiger partial charge is 0.311 e. The van der Waals surface area contributed by atoms with E-state index < -0.39 is 0 Å². The van der Waals surface area contributed by atoms with Crippen molar-refractivity contribution in [1.82, 2.24) is 0 Å². The van der Waals surface area contributed by atoms with E-state index in [4.69, 9.17) is 1.37 Å². The number of para-hydroxylation sites is 4. The van der Waals surface area contributed by atoms with E-state index in [2.05, 4.69) is 152 Å². The Hall–Kier alpha value is -5.02. The van der Waals surface area contributed by atoms with Crippen molar-refractivity contribution in [3.05, 3.63) is 150 Å². The summed E-state index contributed by atoms with van der Waals surface area (Å²) in [6.45, 7) is 6.64. The Morgan fingerprint density at radius 3 is 1.62 bits per heavy atom. The molecule has 0 saturated carbocycles. The smallest absolute Gasteiger partial charge is 0.252 e. The molecule has 0 bridgehead atoms. The van der Waals surface area contributed by atoms with Crippen molar-refractivity contribution in [2.45, 2.75) is 20.8 Å². The van der Waals surface area contributed by atoms with E-state index in [1.54, 1.807) is 0 Å². The van der Waals surface area contributed by atoms with Gasteiger partial charge in [-0.05, 0) is 108 Å². The Bertz CT molecular complexity index is 2000. The van der Waals surface area contributed by atoms with Gasteiger partial charge in [-0.25, -0.2) is 0 Å². The number of nitrogens with zero attached hydrogens (tertiary/aromatic N) is 2. The summed E-state index contributed by atoms with van der Waals surface area (Å²) >= 11 is 0. The second kappa shape index (κ2) is 9.53. The van der Waals surface area contributed by atoms with Gasteiger partial charge in [-0.2, -0.15) is 0 Å². The Morgan fingerprint density at radius 1 is 0.524 bits per heavy atom. The van der Waals surface area contributed by atoms with Crippen LogP contribution in [0.2, 0.25) is 0 Å². The highest BCUT2D eigenvalue weighted by Crippen LogP contribution is 2.46. The summed E-state index contributed by atoms with van der Waals surface area (Å²) in [5, 5.41) is 0. The van der Waals surface area contributed by atoms with Crippen LogP contribution in [0.25, 0.3) is 11.1 Å². The van der Waals surface area contributed by atoms with Gasteiger partial charge in [-0.3, -0.25) is 0 Å². The summed E-state index contributed by atoms with van der Waals surface area (Å²) in [4.78, 5) is 4.84. The lowest BCUT2D eigenvalue weighted by molar-refractivity contribution is 1.25. The molecule has 0 amide bonds. The number of hydrogen-bond donors (Lipinski definition) is 0. The van der Waals surface area contributed by atoms with Gasteiger partial charge >= 0.3 is 0 Å². The number of benzene rings is 6. The third-order valence-corrected chi connectivity index (χ3v) is 8.81. The van der Waals surface area contributed by atoms with E-state index in [1.807, 2.05) is 6.07 Å². The van der Waals surface area contributed by atoms with Crippen molar-refractivity contribution in [3.8, 4) is 11.1 Å². The lowest BCUT2D eigenvalue weighted by atomic mass is 9.33. The van der Waals surface area contributed by atoms with Crippen LogP contribution < -0.4 is 26.2 Å². The van der Waals surface area contributed by atoms with Gasteiger partial charge in [-0.15, -0.1) is 0 Å². The number of rotatable bonds is 3. The first-order valence-corrected chi connectivity index (χ1v) is 14.7. The molecule has 0 fully saturated rings. The van der Waals surface area contributed by atoms with Crippen LogP contribution in [0.5, 0.6) is 0 Å². The van der Waals surface area contributed by atoms with Crippen LogP contribution in [-0.4, -0.2) is 6.71 Å². The zero-order chi connectivity index (χ0) is 29.2. The SMILES string of the molecule is [2H]c1ccc2c(c1)B1c3ccccc3N(c3ccccc3)c3cc(-c4c(C)cc(C)cc4C)cc(c31)N2c1ccccc1. The fraction of sp³-hybridized carbons (Fsp3) is 0.0769. The van der Waals surface area contributed by atoms with Gasteiger partial charge in [0.15, 0.2) is 0 Å². The Kier molecular flexibility index (Phi) is 5.37. The maximum absolute atomic E-state index is 8.67. The van der Waals surface area contributed by atoms with Crippen LogP contribution in [0.15, 0.2) is 133 Å². The average molecular weight is 540 g/mol. The van der Waals surface area contributed by atoms with Crippen molar-refractivity contribution >= 4 is 57.2 Å². The molecule has 2 nitrogen and oxygen atoms in total. The van der Waals surface area contributed by atoms with E-state index in [-0.39, 0.29) is 6.71 Å². The molecule has 2 heterocycles. The quantitative estimate of drug-likeness (QED) is 0.208. The van der Waals surface area contributed by atoms with Crippen molar-refractivity contribution < 1.29 is 1.37 Å². The van der Waals surface area contributed by atoms with Crippen LogP contribution in [0.3, 0.4) is 0 Å². The highest BCUT2D eigenvalue weighted by molar-refractivity contribution is 7.00. The molecule has 8 rings (SSSR count). The van der Waals surface area contributed by atoms with Crippen molar-refractivity contribution in [1.29, 1.82) is 0 Å². The van der Waals surface area contributed by atoms with Crippen LogP contribution in [-0.2, 0) is 0 Å². The average Bonchev–Trinajstić information content (AvgIpc) is 3.01. The van der Waals surface area contributed by atoms with E-state index in [0.717, 1.165) is 17.1 Å². The molecule has 0 spiro atoms. The molecule has 0 aliphatic carbocycles. The van der Waals surface area contributed by atoms with E-state index in [1.165, 1.54) is 61.3 Å². The van der Waals surface area contributed by atoms with Crippen LogP contribution in [0.4, 0.5) is 34.1 Å². The minimum Gasteiger partial charge on any atom is -0.311 e. The lowest BCUT2D eigenvalue weighted by Gasteiger charge is -2.44. The van der Waals surface area contributed by atoms with Gasteiger partial charge < -0.3 is 9.80 Å². The number of hydrogen-bond acceptors (Lipinski definition) is 2. The molecule has 200 valence electrons. The zero-order valence-corrected chi connectivity index (χ0v) is 24.1. The van der Waals surface area contributed by atoms with Gasteiger partial charge in [0.2, 0.25) is 0 Å². The molecule has 0 N–H and O–H groups in total. The molecule has 0 saturated heterocycles. The molecule has 0 atom stereocenters. The Morgan fingerprint density at radius 2 is 1.02 bits per heavy atom. The third kappa shape index (κ3) is 3.67. The minimum absolute atomic E-state index is 0.00989. The first kappa shape index (κ1) is 23.7.